The first-order valence-electron chi connectivity index (χ1n) is 11.9. The number of carbonyl (C=O) groups excluding carboxylic acids is 1. The van der Waals surface area contributed by atoms with Crippen molar-refractivity contribution in [3.8, 4) is 16.9 Å². The third-order valence-electron chi connectivity index (χ3n) is 6.85. The first kappa shape index (κ1) is 28.8. The van der Waals surface area contributed by atoms with Gasteiger partial charge < -0.3 is 29.7 Å². The van der Waals surface area contributed by atoms with E-state index in [9.17, 15) is 18.7 Å². The van der Waals surface area contributed by atoms with E-state index < -0.39 is 23.9 Å². The summed E-state index contributed by atoms with van der Waals surface area (Å²) in [6.45, 7) is -0.499. The smallest absolute Gasteiger partial charge is 0.548 e. The van der Waals surface area contributed by atoms with Crippen LogP contribution >= 0.6 is 0 Å². The van der Waals surface area contributed by atoms with E-state index in [-0.39, 0.29) is 60.1 Å². The number of carboxylic acid groups (broad SMARTS) is 1. The van der Waals surface area contributed by atoms with Gasteiger partial charge in [0.05, 0.1) is 17.2 Å². The normalized spacial score (nSPS) is 14.9. The summed E-state index contributed by atoms with van der Waals surface area (Å²) in [6.07, 6.45) is 5.19. The monoisotopic (exact) mass is 548 g/mol. The zero-order valence-electron chi connectivity index (χ0n) is 21.4. The molecular formula is C26H24F3N6NaO3. The number of aryl methyl sites for hydroxylation is 1. The molecule has 1 aromatic carbocycles. The maximum Gasteiger partial charge on any atom is 1.00 e. The molecule has 13 heteroatoms. The third-order valence-corrected chi connectivity index (χ3v) is 6.85. The summed E-state index contributed by atoms with van der Waals surface area (Å²) < 4.78 is 47.2. The SMILES string of the molecule is Cc1nc2cc(F)c(-c3cnc(N4CCC(N)(C(=O)[O-])CC4)nc3)cn2c1Cc1ccccc1OC(F)F.[Na+]. The molecule has 1 saturated heterocycles. The van der Waals surface area contributed by atoms with Crippen molar-refractivity contribution in [1.82, 2.24) is 19.4 Å². The summed E-state index contributed by atoms with van der Waals surface area (Å²) >= 11 is 0. The van der Waals surface area contributed by atoms with Crippen molar-refractivity contribution in [1.29, 1.82) is 0 Å². The molecule has 198 valence electrons. The number of halogens is 3. The number of pyridine rings is 1. The van der Waals surface area contributed by atoms with Gasteiger partial charge in [-0.1, -0.05) is 18.2 Å². The maximum absolute atomic E-state index is 15.1. The van der Waals surface area contributed by atoms with E-state index >= 15 is 4.39 Å². The topological polar surface area (TPSA) is 122 Å². The molecule has 9 nitrogen and oxygen atoms in total. The second-order valence-electron chi connectivity index (χ2n) is 9.27. The molecule has 0 atom stereocenters. The summed E-state index contributed by atoms with van der Waals surface area (Å²) in [4.78, 5) is 26.2. The van der Waals surface area contributed by atoms with E-state index in [0.717, 1.165) is 0 Å². The standard InChI is InChI=1S/C26H25F3N6O3.Na/c1-15-20(10-16-4-2-3-5-21(16)38-24(28)29)35-14-18(19(27)11-22(35)33-15)17-12-31-25(32-13-17)34-8-6-26(30,7-9-34)23(36)37;/h2-5,11-14,24H,6-10,30H2,1H3,(H,36,37);/q;+1/p-1. The molecule has 1 fully saturated rings. The van der Waals surface area contributed by atoms with E-state index in [1.165, 1.54) is 24.5 Å². The zero-order valence-corrected chi connectivity index (χ0v) is 23.4. The van der Waals surface area contributed by atoms with Crippen LogP contribution in [0.3, 0.4) is 0 Å². The number of hydrogen-bond acceptors (Lipinski definition) is 8. The van der Waals surface area contributed by atoms with Crippen LogP contribution in [-0.2, 0) is 11.2 Å². The Bertz CT molecular complexity index is 1490. The van der Waals surface area contributed by atoms with Crippen LogP contribution in [0.1, 0.15) is 29.8 Å². The number of anilines is 1. The van der Waals surface area contributed by atoms with Crippen molar-refractivity contribution in [2.24, 2.45) is 5.73 Å². The average Bonchev–Trinajstić information content (AvgIpc) is 3.18. The first-order chi connectivity index (χ1) is 18.1. The Morgan fingerprint density at radius 2 is 1.87 bits per heavy atom. The van der Waals surface area contributed by atoms with Gasteiger partial charge in [-0.3, -0.25) is 0 Å². The second-order valence-corrected chi connectivity index (χ2v) is 9.27. The van der Waals surface area contributed by atoms with Crippen molar-refractivity contribution in [3.05, 3.63) is 71.7 Å². The van der Waals surface area contributed by atoms with E-state index in [1.807, 2.05) is 4.90 Å². The largest absolute Gasteiger partial charge is 1.00 e. The summed E-state index contributed by atoms with van der Waals surface area (Å²) in [5, 5.41) is 11.3. The zero-order chi connectivity index (χ0) is 27.0. The molecule has 0 spiro atoms. The van der Waals surface area contributed by atoms with E-state index in [2.05, 4.69) is 19.7 Å². The average molecular weight is 549 g/mol. The Morgan fingerprint density at radius 3 is 2.51 bits per heavy atom. The van der Waals surface area contributed by atoms with E-state index in [0.29, 0.717) is 47.2 Å². The summed E-state index contributed by atoms with van der Waals surface area (Å²) in [5.41, 5.74) is 7.38. The number of nitrogens with two attached hydrogens (primary N) is 1. The number of ether oxygens (including phenoxy) is 1. The van der Waals surface area contributed by atoms with Gasteiger partial charge in [0.2, 0.25) is 5.95 Å². The van der Waals surface area contributed by atoms with Crippen LogP contribution in [0.15, 0.2) is 48.9 Å². The van der Waals surface area contributed by atoms with Crippen molar-refractivity contribution in [2.45, 2.75) is 38.3 Å². The number of carbonyl (C=O) groups is 1. The number of imidazole rings is 1. The maximum atomic E-state index is 15.1. The second kappa shape index (κ2) is 11.5. The fourth-order valence-electron chi connectivity index (χ4n) is 4.63. The van der Waals surface area contributed by atoms with Gasteiger partial charge in [0, 0.05) is 66.6 Å². The minimum Gasteiger partial charge on any atom is -0.548 e. The van der Waals surface area contributed by atoms with Gasteiger partial charge in [-0.25, -0.2) is 19.3 Å². The van der Waals surface area contributed by atoms with Crippen LogP contribution in [0.2, 0.25) is 0 Å². The molecule has 0 bridgehead atoms. The van der Waals surface area contributed by atoms with Gasteiger partial charge in [-0.05, 0) is 25.8 Å². The predicted molar refractivity (Wildman–Crippen MR) is 130 cm³/mol. The number of fused-ring (bicyclic) bond motifs is 1. The number of aliphatic carboxylic acids is 1. The molecule has 1 aliphatic heterocycles. The minimum atomic E-state index is -2.96. The Hall–Kier alpha value is -3.19. The summed E-state index contributed by atoms with van der Waals surface area (Å²) in [5.74, 6) is -1.36. The molecule has 0 unspecified atom stereocenters. The van der Waals surface area contributed by atoms with Gasteiger partial charge >= 0.3 is 36.2 Å². The van der Waals surface area contributed by atoms with Crippen molar-refractivity contribution in [3.63, 3.8) is 0 Å². The number of rotatable bonds is 7. The molecule has 0 radical (unpaired) electrons. The Morgan fingerprint density at radius 1 is 1.21 bits per heavy atom. The molecule has 4 heterocycles. The van der Waals surface area contributed by atoms with Crippen LogP contribution in [-0.4, -0.2) is 50.6 Å². The van der Waals surface area contributed by atoms with Crippen LogP contribution in [0.5, 0.6) is 5.75 Å². The Kier molecular flexibility index (Phi) is 8.50. The molecule has 0 saturated carbocycles. The van der Waals surface area contributed by atoms with Crippen LogP contribution in [0, 0.1) is 12.7 Å². The number of benzene rings is 1. The molecule has 1 aliphatic rings. The number of hydrogen-bond donors (Lipinski definition) is 1. The molecule has 4 aromatic rings. The van der Waals surface area contributed by atoms with Crippen molar-refractivity contribution >= 4 is 17.6 Å². The quantitative estimate of drug-likeness (QED) is 0.307. The Labute approximate surface area is 244 Å². The third kappa shape index (κ3) is 5.88. The summed E-state index contributed by atoms with van der Waals surface area (Å²) in [7, 11) is 0. The molecule has 2 N–H and O–H groups in total. The fourth-order valence-corrected chi connectivity index (χ4v) is 4.63. The molecule has 39 heavy (non-hydrogen) atoms. The number of alkyl halides is 2. The number of nitrogens with zero attached hydrogens (tertiary/aromatic N) is 5. The number of piperidine rings is 1. The van der Waals surface area contributed by atoms with Gasteiger partial charge in [0.25, 0.3) is 0 Å². The fraction of sp³-hybridized carbons (Fsp3) is 0.308. The molecule has 0 aliphatic carbocycles. The first-order valence-corrected chi connectivity index (χ1v) is 11.9. The van der Waals surface area contributed by atoms with Crippen LogP contribution in [0.4, 0.5) is 19.1 Å². The Balaban J connectivity index is 0.00000353. The number of aromatic nitrogens is 4. The van der Waals surface area contributed by atoms with Gasteiger partial charge in [-0.2, -0.15) is 8.78 Å². The van der Waals surface area contributed by atoms with Gasteiger partial charge in [0.15, 0.2) is 0 Å². The van der Waals surface area contributed by atoms with Crippen molar-refractivity contribution < 1.29 is 57.4 Å². The molecule has 0 amide bonds. The van der Waals surface area contributed by atoms with E-state index in [1.54, 1.807) is 35.7 Å². The minimum absolute atomic E-state index is 0. The molecule has 5 rings (SSSR count). The number of para-hydroxylation sites is 1. The molecule has 3 aromatic heterocycles. The predicted octanol–water partition coefficient (Wildman–Crippen LogP) is -0.517. The van der Waals surface area contributed by atoms with Crippen LogP contribution < -0.4 is 50.0 Å². The van der Waals surface area contributed by atoms with Gasteiger partial charge in [-0.15, -0.1) is 0 Å². The van der Waals surface area contributed by atoms with E-state index in [4.69, 9.17) is 5.73 Å². The summed E-state index contributed by atoms with van der Waals surface area (Å²) in [6, 6.07) is 7.80. The van der Waals surface area contributed by atoms with Crippen molar-refractivity contribution in [2.75, 3.05) is 18.0 Å². The van der Waals surface area contributed by atoms with Gasteiger partial charge in [0.1, 0.15) is 17.2 Å². The van der Waals surface area contributed by atoms with Crippen LogP contribution in [0.25, 0.3) is 16.8 Å². The molecular weight excluding hydrogens is 524 g/mol. The number of carboxylic acids is 1.